The first-order chi connectivity index (χ1) is 12.3. The van der Waals surface area contributed by atoms with Crippen LogP contribution in [0.1, 0.15) is 31.6 Å². The fourth-order valence-electron chi connectivity index (χ4n) is 2.89. The number of benzene rings is 1. The third-order valence-corrected chi connectivity index (χ3v) is 7.38. The number of hydrogen-bond acceptors (Lipinski definition) is 6. The first-order valence-electron chi connectivity index (χ1n) is 8.35. The summed E-state index contributed by atoms with van der Waals surface area (Å²) in [4.78, 5) is 6.52. The van der Waals surface area contributed by atoms with Gasteiger partial charge in [0.15, 0.2) is 5.82 Å². The van der Waals surface area contributed by atoms with Crippen LogP contribution in [0, 0.1) is 0 Å². The molecular formula is C16H20Cl2N4O3S. The first kappa shape index (κ1) is 19.6. The second kappa shape index (κ2) is 7.82. The van der Waals surface area contributed by atoms with Crippen molar-refractivity contribution in [2.45, 2.75) is 31.2 Å². The van der Waals surface area contributed by atoms with Crippen molar-refractivity contribution in [3.63, 3.8) is 0 Å². The molecule has 7 nitrogen and oxygen atoms in total. The molecule has 1 saturated heterocycles. The lowest BCUT2D eigenvalue weighted by Crippen LogP contribution is -2.49. The van der Waals surface area contributed by atoms with E-state index in [0.29, 0.717) is 44.3 Å². The maximum Gasteiger partial charge on any atom is 0.244 e. The minimum Gasteiger partial charge on any atom is -0.338 e. The molecule has 0 saturated carbocycles. The average molecular weight is 419 g/mol. The van der Waals surface area contributed by atoms with Crippen LogP contribution in [0.5, 0.6) is 0 Å². The molecule has 0 bridgehead atoms. The summed E-state index contributed by atoms with van der Waals surface area (Å²) in [7, 11) is -3.69. The van der Waals surface area contributed by atoms with Gasteiger partial charge in [0.2, 0.25) is 15.9 Å². The summed E-state index contributed by atoms with van der Waals surface area (Å²) in [5, 5.41) is 4.20. The molecule has 0 amide bonds. The number of hydrogen-bond donors (Lipinski definition) is 0. The summed E-state index contributed by atoms with van der Waals surface area (Å²) in [6, 6.07) is 4.56. The molecule has 1 aromatic heterocycles. The Morgan fingerprint density at radius 3 is 2.54 bits per heavy atom. The van der Waals surface area contributed by atoms with Crippen LogP contribution in [0.15, 0.2) is 27.6 Å². The largest absolute Gasteiger partial charge is 0.338 e. The van der Waals surface area contributed by atoms with Gasteiger partial charge < -0.3 is 4.52 Å². The van der Waals surface area contributed by atoms with Crippen molar-refractivity contribution in [1.82, 2.24) is 19.3 Å². The van der Waals surface area contributed by atoms with Gasteiger partial charge in [-0.05, 0) is 19.1 Å². The van der Waals surface area contributed by atoms with Gasteiger partial charge in [0.25, 0.3) is 0 Å². The van der Waals surface area contributed by atoms with Crippen molar-refractivity contribution < 1.29 is 12.9 Å². The van der Waals surface area contributed by atoms with Gasteiger partial charge in [-0.15, -0.1) is 0 Å². The maximum atomic E-state index is 12.9. The Hall–Kier alpha value is -1.19. The number of piperazine rings is 1. The van der Waals surface area contributed by atoms with Crippen LogP contribution in [-0.4, -0.2) is 53.9 Å². The van der Waals surface area contributed by atoms with E-state index >= 15 is 0 Å². The zero-order valence-corrected chi connectivity index (χ0v) is 16.9. The second-order valence-electron chi connectivity index (χ2n) is 6.07. The van der Waals surface area contributed by atoms with Gasteiger partial charge in [0.1, 0.15) is 4.90 Å². The summed E-state index contributed by atoms with van der Waals surface area (Å²) in [6.07, 6.45) is 0.711. The Bertz CT molecular complexity index is 879. The minimum absolute atomic E-state index is 0.0395. The van der Waals surface area contributed by atoms with Crippen molar-refractivity contribution in [2.75, 3.05) is 26.2 Å². The molecule has 1 aliphatic rings. The van der Waals surface area contributed by atoms with Gasteiger partial charge in [0.05, 0.1) is 16.1 Å². The van der Waals surface area contributed by atoms with E-state index < -0.39 is 10.0 Å². The van der Waals surface area contributed by atoms with Crippen molar-refractivity contribution in [2.24, 2.45) is 0 Å². The third-order valence-electron chi connectivity index (χ3n) is 4.51. The highest BCUT2D eigenvalue weighted by molar-refractivity contribution is 7.89. The molecule has 1 atom stereocenters. The Morgan fingerprint density at radius 1 is 1.23 bits per heavy atom. The molecular weight excluding hydrogens is 399 g/mol. The van der Waals surface area contributed by atoms with Crippen LogP contribution in [0.4, 0.5) is 0 Å². The van der Waals surface area contributed by atoms with Gasteiger partial charge >= 0.3 is 0 Å². The predicted molar refractivity (Wildman–Crippen MR) is 98.9 cm³/mol. The minimum atomic E-state index is -3.69. The summed E-state index contributed by atoms with van der Waals surface area (Å²) >= 11 is 12.1. The molecule has 1 aliphatic heterocycles. The molecule has 2 aromatic rings. The van der Waals surface area contributed by atoms with Gasteiger partial charge in [-0.25, -0.2) is 8.42 Å². The van der Waals surface area contributed by atoms with Crippen LogP contribution in [0.2, 0.25) is 10.0 Å². The van der Waals surface area contributed by atoms with E-state index in [1.807, 2.05) is 13.8 Å². The maximum absolute atomic E-state index is 12.9. The topological polar surface area (TPSA) is 79.5 Å². The van der Waals surface area contributed by atoms with Crippen molar-refractivity contribution in [3.8, 4) is 0 Å². The SMILES string of the molecule is CCc1noc(C(C)N2CCN(S(=O)(=O)c3cccc(Cl)c3Cl)CC2)n1. The number of aromatic nitrogens is 2. The Labute approximate surface area is 162 Å². The molecule has 0 N–H and O–H groups in total. The summed E-state index contributed by atoms with van der Waals surface area (Å²) in [5.41, 5.74) is 0. The van der Waals surface area contributed by atoms with Crippen molar-refractivity contribution in [1.29, 1.82) is 0 Å². The highest BCUT2D eigenvalue weighted by Gasteiger charge is 2.33. The Kier molecular flexibility index (Phi) is 5.88. The highest BCUT2D eigenvalue weighted by atomic mass is 35.5. The summed E-state index contributed by atoms with van der Waals surface area (Å²) in [5.74, 6) is 1.22. The van der Waals surface area contributed by atoms with E-state index in [1.54, 1.807) is 12.1 Å². The quantitative estimate of drug-likeness (QED) is 0.742. The lowest BCUT2D eigenvalue weighted by molar-refractivity contribution is 0.124. The average Bonchev–Trinajstić information content (AvgIpc) is 3.12. The van der Waals surface area contributed by atoms with E-state index in [1.165, 1.54) is 10.4 Å². The fourth-order valence-corrected chi connectivity index (χ4v) is 5.05. The highest BCUT2D eigenvalue weighted by Crippen LogP contribution is 2.31. The standard InChI is InChI=1S/C16H20Cl2N4O3S/c1-3-14-19-16(25-20-14)11(2)21-7-9-22(10-8-21)26(23,24)13-6-4-5-12(17)15(13)18/h4-6,11H,3,7-10H2,1-2H3. The zero-order chi connectivity index (χ0) is 18.9. The van der Waals surface area contributed by atoms with Gasteiger partial charge in [-0.3, -0.25) is 4.90 Å². The third kappa shape index (κ3) is 3.75. The molecule has 0 aliphatic carbocycles. The zero-order valence-electron chi connectivity index (χ0n) is 14.5. The van der Waals surface area contributed by atoms with E-state index in [2.05, 4.69) is 15.0 Å². The van der Waals surface area contributed by atoms with Crippen LogP contribution >= 0.6 is 23.2 Å². The molecule has 1 unspecified atom stereocenters. The number of sulfonamides is 1. The molecule has 1 aromatic carbocycles. The number of rotatable bonds is 5. The number of aryl methyl sites for hydroxylation is 1. The van der Waals surface area contributed by atoms with Crippen LogP contribution in [-0.2, 0) is 16.4 Å². The van der Waals surface area contributed by atoms with Crippen LogP contribution in [0.25, 0.3) is 0 Å². The molecule has 10 heteroatoms. The Morgan fingerprint density at radius 2 is 1.92 bits per heavy atom. The van der Waals surface area contributed by atoms with E-state index in [9.17, 15) is 8.42 Å². The summed E-state index contributed by atoms with van der Waals surface area (Å²) in [6.45, 7) is 5.76. The van der Waals surface area contributed by atoms with E-state index in [4.69, 9.17) is 27.7 Å². The van der Waals surface area contributed by atoms with E-state index in [-0.39, 0.29) is 21.0 Å². The summed E-state index contributed by atoms with van der Waals surface area (Å²) < 4.78 is 32.5. The smallest absolute Gasteiger partial charge is 0.244 e. The van der Waals surface area contributed by atoms with Crippen molar-refractivity contribution >= 4 is 33.2 Å². The molecule has 2 heterocycles. The molecule has 0 radical (unpaired) electrons. The number of nitrogens with zero attached hydrogens (tertiary/aromatic N) is 4. The van der Waals surface area contributed by atoms with Gasteiger partial charge in [-0.1, -0.05) is 41.3 Å². The van der Waals surface area contributed by atoms with Crippen molar-refractivity contribution in [3.05, 3.63) is 40.0 Å². The lowest BCUT2D eigenvalue weighted by atomic mass is 10.2. The van der Waals surface area contributed by atoms with E-state index in [0.717, 1.165) is 0 Å². The van der Waals surface area contributed by atoms with Crippen LogP contribution in [0.3, 0.4) is 0 Å². The molecule has 3 rings (SSSR count). The number of halogens is 2. The first-order valence-corrected chi connectivity index (χ1v) is 10.5. The normalized spacial score (nSPS) is 18.2. The Balaban J connectivity index is 1.70. The lowest BCUT2D eigenvalue weighted by Gasteiger charge is -2.36. The molecule has 26 heavy (non-hydrogen) atoms. The predicted octanol–water partition coefficient (Wildman–Crippen LogP) is 3.01. The second-order valence-corrected chi connectivity index (χ2v) is 8.76. The fraction of sp³-hybridized carbons (Fsp3) is 0.500. The molecule has 142 valence electrons. The van der Waals surface area contributed by atoms with Gasteiger partial charge in [-0.2, -0.15) is 9.29 Å². The molecule has 0 spiro atoms. The monoisotopic (exact) mass is 418 g/mol. The molecule has 1 fully saturated rings. The van der Waals surface area contributed by atoms with Crippen LogP contribution < -0.4 is 0 Å². The van der Waals surface area contributed by atoms with Gasteiger partial charge in [0, 0.05) is 32.6 Å².